The van der Waals surface area contributed by atoms with Gasteiger partial charge in [0.05, 0.1) is 0 Å². The molecule has 1 amide bonds. The van der Waals surface area contributed by atoms with E-state index in [1.165, 1.54) is 24.3 Å². The van der Waals surface area contributed by atoms with E-state index in [2.05, 4.69) is 5.32 Å². The first kappa shape index (κ1) is 13.5. The number of nitrogens with one attached hydrogen (secondary N) is 1. The van der Waals surface area contributed by atoms with Crippen molar-refractivity contribution in [2.45, 2.75) is 19.3 Å². The van der Waals surface area contributed by atoms with Gasteiger partial charge in [0.25, 0.3) is 0 Å². The molecule has 0 fully saturated rings. The van der Waals surface area contributed by atoms with Crippen LogP contribution in [0.25, 0.3) is 0 Å². The normalized spacial score (nSPS) is 17.3. The fourth-order valence-electron chi connectivity index (χ4n) is 2.71. The Morgan fingerprint density at radius 2 is 1.90 bits per heavy atom. The predicted molar refractivity (Wildman–Crippen MR) is 74.3 cm³/mol. The summed E-state index contributed by atoms with van der Waals surface area (Å²) in [6, 6.07) is 6.71. The van der Waals surface area contributed by atoms with Gasteiger partial charge in [0.1, 0.15) is 17.4 Å². The predicted octanol–water partition coefficient (Wildman–Crippen LogP) is 3.45. The van der Waals surface area contributed by atoms with Crippen LogP contribution in [0.5, 0.6) is 5.75 Å². The monoisotopic (exact) mass is 289 g/mol. The second-order valence-corrected chi connectivity index (χ2v) is 5.17. The molecule has 2 aromatic rings. The number of benzene rings is 2. The average Bonchev–Trinajstić information content (AvgIpc) is 2.40. The van der Waals surface area contributed by atoms with Gasteiger partial charge in [0, 0.05) is 29.7 Å². The number of amides is 1. The number of hydrogen-bond acceptors (Lipinski definition) is 2. The third kappa shape index (κ3) is 2.24. The molecule has 5 heteroatoms. The van der Waals surface area contributed by atoms with Gasteiger partial charge in [-0.15, -0.1) is 0 Å². The molecule has 0 saturated heterocycles. The second kappa shape index (κ2) is 4.84. The number of aromatic hydroxyl groups is 1. The largest absolute Gasteiger partial charge is 0.508 e. The van der Waals surface area contributed by atoms with Gasteiger partial charge in [-0.05, 0) is 36.2 Å². The van der Waals surface area contributed by atoms with Crippen LogP contribution in [0.15, 0.2) is 30.3 Å². The molecular formula is C16H13F2NO2. The van der Waals surface area contributed by atoms with Gasteiger partial charge in [0.15, 0.2) is 0 Å². The zero-order valence-electron chi connectivity index (χ0n) is 11.3. The Balaban J connectivity index is 2.22. The highest BCUT2D eigenvalue weighted by Crippen LogP contribution is 2.41. The van der Waals surface area contributed by atoms with Crippen LogP contribution in [0.2, 0.25) is 0 Å². The van der Waals surface area contributed by atoms with Crippen LogP contribution < -0.4 is 5.32 Å². The van der Waals surface area contributed by atoms with Crippen molar-refractivity contribution >= 4 is 11.6 Å². The molecule has 0 saturated carbocycles. The average molecular weight is 289 g/mol. The van der Waals surface area contributed by atoms with E-state index >= 15 is 0 Å². The highest BCUT2D eigenvalue weighted by atomic mass is 19.1. The summed E-state index contributed by atoms with van der Waals surface area (Å²) in [5, 5.41) is 12.4. The van der Waals surface area contributed by atoms with Crippen molar-refractivity contribution in [1.82, 2.24) is 0 Å². The standard InChI is InChI=1S/C16H13F2NO2/c1-8-5-9-10(16-11(17)3-2-4-12(16)18)6-15(21)19-13(9)7-14(8)20/h2-5,7,10,20H,6H2,1H3,(H,19,21). The molecule has 0 spiro atoms. The number of phenols is 1. The zero-order chi connectivity index (χ0) is 15.1. The number of carbonyl (C=O) groups excluding carboxylic acids is 1. The number of halogens is 2. The highest BCUT2D eigenvalue weighted by Gasteiger charge is 2.31. The first-order valence-electron chi connectivity index (χ1n) is 6.54. The summed E-state index contributed by atoms with van der Waals surface area (Å²) in [7, 11) is 0. The Labute approximate surface area is 120 Å². The third-order valence-electron chi connectivity index (χ3n) is 3.76. The molecule has 2 aromatic carbocycles. The fourth-order valence-corrected chi connectivity index (χ4v) is 2.71. The fraction of sp³-hybridized carbons (Fsp3) is 0.188. The van der Waals surface area contributed by atoms with Crippen molar-refractivity contribution in [3.05, 3.63) is 58.7 Å². The van der Waals surface area contributed by atoms with Crippen molar-refractivity contribution in [2.75, 3.05) is 5.32 Å². The number of anilines is 1. The van der Waals surface area contributed by atoms with Crippen molar-refractivity contribution in [3.63, 3.8) is 0 Å². The van der Waals surface area contributed by atoms with Crippen LogP contribution >= 0.6 is 0 Å². The van der Waals surface area contributed by atoms with Crippen LogP contribution in [0.1, 0.15) is 29.0 Å². The molecule has 1 atom stereocenters. The minimum Gasteiger partial charge on any atom is -0.508 e. The van der Waals surface area contributed by atoms with E-state index in [1.807, 2.05) is 0 Å². The molecule has 21 heavy (non-hydrogen) atoms. The van der Waals surface area contributed by atoms with Gasteiger partial charge >= 0.3 is 0 Å². The molecule has 2 N–H and O–H groups in total. The topological polar surface area (TPSA) is 49.3 Å². The van der Waals surface area contributed by atoms with Gasteiger partial charge in [-0.1, -0.05) is 6.07 Å². The quantitative estimate of drug-likeness (QED) is 0.844. The van der Waals surface area contributed by atoms with Gasteiger partial charge in [-0.25, -0.2) is 8.78 Å². The van der Waals surface area contributed by atoms with E-state index < -0.39 is 17.6 Å². The molecule has 1 unspecified atom stereocenters. The first-order chi connectivity index (χ1) is 9.97. The van der Waals surface area contributed by atoms with E-state index in [0.717, 1.165) is 0 Å². The maximum Gasteiger partial charge on any atom is 0.225 e. The van der Waals surface area contributed by atoms with Crippen molar-refractivity contribution in [1.29, 1.82) is 0 Å². The van der Waals surface area contributed by atoms with Gasteiger partial charge in [0.2, 0.25) is 5.91 Å². The van der Waals surface area contributed by atoms with E-state index in [4.69, 9.17) is 0 Å². The molecule has 3 rings (SSSR count). The van der Waals surface area contributed by atoms with E-state index in [1.54, 1.807) is 13.0 Å². The van der Waals surface area contributed by atoms with E-state index in [0.29, 0.717) is 16.8 Å². The summed E-state index contributed by atoms with van der Waals surface area (Å²) in [4.78, 5) is 11.8. The number of rotatable bonds is 1. The molecule has 3 nitrogen and oxygen atoms in total. The SMILES string of the molecule is Cc1cc2c(cc1O)NC(=O)CC2c1c(F)cccc1F. The van der Waals surface area contributed by atoms with E-state index in [-0.39, 0.29) is 23.6 Å². The maximum atomic E-state index is 14.0. The zero-order valence-corrected chi connectivity index (χ0v) is 11.3. The summed E-state index contributed by atoms with van der Waals surface area (Å²) in [6.07, 6.45) is -0.0327. The minimum atomic E-state index is -0.700. The molecule has 0 bridgehead atoms. The van der Waals surface area contributed by atoms with Gasteiger partial charge < -0.3 is 10.4 Å². The van der Waals surface area contributed by atoms with Crippen molar-refractivity contribution in [2.24, 2.45) is 0 Å². The van der Waals surface area contributed by atoms with Crippen LogP contribution in [-0.2, 0) is 4.79 Å². The van der Waals surface area contributed by atoms with Gasteiger partial charge in [-0.3, -0.25) is 4.79 Å². The molecule has 1 aliphatic rings. The molecule has 108 valence electrons. The number of phenolic OH excluding ortho intramolecular Hbond substituents is 1. The van der Waals surface area contributed by atoms with Crippen molar-refractivity contribution < 1.29 is 18.7 Å². The molecule has 1 aliphatic heterocycles. The van der Waals surface area contributed by atoms with Crippen LogP contribution in [0.4, 0.5) is 14.5 Å². The van der Waals surface area contributed by atoms with Crippen molar-refractivity contribution in [3.8, 4) is 5.75 Å². The summed E-state index contributed by atoms with van der Waals surface area (Å²) in [6.45, 7) is 1.70. The maximum absolute atomic E-state index is 14.0. The lowest BCUT2D eigenvalue weighted by Gasteiger charge is -2.27. The molecule has 0 aliphatic carbocycles. The summed E-state index contributed by atoms with van der Waals surface area (Å²) in [5.41, 5.74) is 1.47. The second-order valence-electron chi connectivity index (χ2n) is 5.17. The van der Waals surface area contributed by atoms with E-state index in [9.17, 15) is 18.7 Å². The molecule has 0 aromatic heterocycles. The molecular weight excluding hydrogens is 276 g/mol. The smallest absolute Gasteiger partial charge is 0.225 e. The summed E-state index contributed by atoms with van der Waals surface area (Å²) < 4.78 is 28.0. The Morgan fingerprint density at radius 3 is 2.57 bits per heavy atom. The lowest BCUT2D eigenvalue weighted by molar-refractivity contribution is -0.116. The van der Waals surface area contributed by atoms with Crippen LogP contribution in [-0.4, -0.2) is 11.0 Å². The number of aryl methyl sites for hydroxylation is 1. The first-order valence-corrected chi connectivity index (χ1v) is 6.54. The van der Waals surface area contributed by atoms with Gasteiger partial charge in [-0.2, -0.15) is 0 Å². The molecule has 0 radical (unpaired) electrons. The molecule has 1 heterocycles. The lowest BCUT2D eigenvalue weighted by atomic mass is 9.83. The summed E-state index contributed by atoms with van der Waals surface area (Å²) >= 11 is 0. The lowest BCUT2D eigenvalue weighted by Crippen LogP contribution is -2.24. The Bertz CT molecular complexity index is 723. The highest BCUT2D eigenvalue weighted by molar-refractivity contribution is 5.95. The Kier molecular flexibility index (Phi) is 3.12. The Morgan fingerprint density at radius 1 is 1.24 bits per heavy atom. The minimum absolute atomic E-state index is 0.0312. The van der Waals surface area contributed by atoms with Crippen LogP contribution in [0.3, 0.4) is 0 Å². The number of fused-ring (bicyclic) bond motifs is 1. The summed E-state index contributed by atoms with van der Waals surface area (Å²) in [5.74, 6) is -2.35. The van der Waals surface area contributed by atoms with Crippen LogP contribution in [0, 0.1) is 18.6 Å². The number of carbonyl (C=O) groups is 1. The number of hydrogen-bond donors (Lipinski definition) is 2. The third-order valence-corrected chi connectivity index (χ3v) is 3.76. The Hall–Kier alpha value is -2.43.